The second kappa shape index (κ2) is 69.3. The number of benzene rings is 1. The molecular weight excluding hydrogens is 1700 g/mol. The number of hydrogen-bond donors (Lipinski definition) is 18. The van der Waals surface area contributed by atoms with Crippen LogP contribution in [0.2, 0.25) is 0 Å². The first kappa shape index (κ1) is 122. The van der Waals surface area contributed by atoms with E-state index in [1.165, 1.54) is 91.2 Å². The first-order valence-corrected chi connectivity index (χ1v) is 48.0. The van der Waals surface area contributed by atoms with Gasteiger partial charge in [0, 0.05) is 112 Å². The number of amides is 9. The number of primary amides is 2. The van der Waals surface area contributed by atoms with E-state index < -0.39 is 216 Å². The van der Waals surface area contributed by atoms with Crippen LogP contribution in [0.4, 0.5) is 0 Å². The number of nitrogens with zero attached hydrogens (tertiary/aromatic N) is 1. The molecule has 0 heterocycles. The lowest BCUT2D eigenvalue weighted by Gasteiger charge is -2.28. The third kappa shape index (κ3) is 52.8. The molecule has 17 atom stereocenters. The van der Waals surface area contributed by atoms with Crippen molar-refractivity contribution in [2.24, 2.45) is 98.6 Å². The lowest BCUT2D eigenvalue weighted by atomic mass is 9.84. The van der Waals surface area contributed by atoms with Crippen LogP contribution in [0.3, 0.4) is 0 Å². The molecule has 0 aliphatic carbocycles. The molecule has 132 heavy (non-hydrogen) atoms. The average molecular weight is 1870 g/mol. The highest BCUT2D eigenvalue weighted by molar-refractivity contribution is 6.00. The number of rotatable bonds is 76. The lowest BCUT2D eigenvalue weighted by molar-refractivity contribution is -0.140. The summed E-state index contributed by atoms with van der Waals surface area (Å²) in [5.41, 5.74) is 34.1. The molecule has 0 radical (unpaired) electrons. The molecule has 1 rings (SSSR count). The van der Waals surface area contributed by atoms with Gasteiger partial charge in [0.1, 0.15) is 23.9 Å². The smallest absolute Gasteiger partial charge is 0.303 e. The van der Waals surface area contributed by atoms with E-state index in [1.54, 1.807) is 53.7 Å². The van der Waals surface area contributed by atoms with E-state index in [-0.39, 0.29) is 119 Å². The summed E-state index contributed by atoms with van der Waals surface area (Å²) in [7, 11) is 0. The Morgan fingerprint density at radius 1 is 0.409 bits per heavy atom. The predicted octanol–water partition coefficient (Wildman–Crippen LogP) is 6.33. The summed E-state index contributed by atoms with van der Waals surface area (Å²) in [5.74, 6) is -17.6. The Balaban J connectivity index is 0.00000268. The van der Waals surface area contributed by atoms with Crippen molar-refractivity contribution in [3.63, 3.8) is 0 Å². The predicted molar refractivity (Wildman–Crippen MR) is 505 cm³/mol. The molecule has 1 aromatic carbocycles. The molecule has 0 spiro atoms. The molecule has 0 aromatic heterocycles. The fraction of sp³-hybridized carbons (Fsp3) is 0.750. The van der Waals surface area contributed by atoms with E-state index in [0.717, 1.165) is 31.2 Å². The summed E-state index contributed by atoms with van der Waals surface area (Å²) in [6, 6.07) is -1.92. The van der Waals surface area contributed by atoms with Gasteiger partial charge in [-0.3, -0.25) is 86.5 Å². The van der Waals surface area contributed by atoms with Gasteiger partial charge in [-0.2, -0.15) is 0 Å². The Bertz CT molecular complexity index is 3740. The number of aliphatic hydroxyl groups excluding tert-OH is 3. The van der Waals surface area contributed by atoms with E-state index in [0.29, 0.717) is 70.9 Å². The highest BCUT2D eigenvalue weighted by atomic mass is 16.4. The normalized spacial score (nSPS) is 15.2. The number of nitrogens with one attached hydrogen (secondary N) is 7. The third-order valence-corrected chi connectivity index (χ3v) is 24.0. The summed E-state index contributed by atoms with van der Waals surface area (Å²) in [5, 5.41) is 68.5. The summed E-state index contributed by atoms with van der Waals surface area (Å²) < 4.78 is 0. The number of hydrogen-bond acceptors (Lipinski definition) is 24. The van der Waals surface area contributed by atoms with Gasteiger partial charge in [0.2, 0.25) is 53.2 Å². The van der Waals surface area contributed by atoms with Crippen LogP contribution in [0.5, 0.6) is 5.75 Å². The van der Waals surface area contributed by atoms with Crippen molar-refractivity contribution in [1.82, 2.24) is 37.2 Å². The van der Waals surface area contributed by atoms with Crippen molar-refractivity contribution < 1.29 is 107 Å². The molecule has 1 aromatic rings. The number of carbonyl (C=O) groups excluding carboxylic acids is 16. The molecule has 0 saturated carbocycles. The number of aliphatic imine (C=N–C) groups is 1. The zero-order valence-corrected chi connectivity index (χ0v) is 81.2. The van der Waals surface area contributed by atoms with Gasteiger partial charge in [-0.1, -0.05) is 171 Å². The standard InChI is InChI=1S/C53H90N10O11.C43H76N4O11/c1-30(2)24-38(48(56)70)28-46(69)47(35(8)64)63-50(72)33(6)26-44(67)41(15-10-12-22-55)62-52(74)40(31(3)4)29-43(66)34(7)60-51(73)37(14-9-11-21-54)27-45(68)42(16-13-23-59-53(57)58)61-49(71)32(5)25-36-17-19-39(65)20-18-36;1-6-9-10-11-12-13-14-15-16-17-18-19-20-21-39(54)45-34(28-48)36(51)26-31(22-25-40(55)56)42(57)47-41(30(5)49)37(52)27-32(29(4)7-2)43(58)46-33(35(50)8-3)23-24-38(44)53/h17-20,30-35,37-38,40-42,47,64-65H,9-16,21-29,54-55H2,1-8H3,(H2,56,70)(H,60,73)(H,61,71)(H,62,74)(H,63,72)(H4,57,58,59);29-34,41,48-49H,6-28H2,1-5H3,(H2,44,53)(H,45,54)(H,46,58)(H,47,57)(H,55,56)/t32-,33+,34-,35+,37+,38+,40-,41-,42-,47-;29-,30+,31+,32-,33-,34-,41-/m00/s1. The Morgan fingerprint density at radius 3 is 1.33 bits per heavy atom. The number of carboxylic acid groups (broad SMARTS) is 1. The van der Waals surface area contributed by atoms with Crippen molar-refractivity contribution in [2.75, 3.05) is 26.2 Å². The molecule has 0 aliphatic heterocycles. The van der Waals surface area contributed by atoms with Gasteiger partial charge in [0.25, 0.3) is 0 Å². The number of aliphatic hydroxyl groups is 3. The van der Waals surface area contributed by atoms with E-state index >= 15 is 0 Å². The number of aromatic hydroxyl groups is 1. The van der Waals surface area contributed by atoms with Crippen LogP contribution in [0.25, 0.3) is 0 Å². The van der Waals surface area contributed by atoms with E-state index in [2.05, 4.69) is 49.1 Å². The number of unbranched alkanes of at least 4 members (excludes halogenated alkanes) is 14. The Kier molecular flexibility index (Phi) is 64.3. The monoisotopic (exact) mass is 1870 g/mol. The maximum absolute atomic E-state index is 14.0. The number of nitrogens with two attached hydrogens (primary N) is 6. The zero-order valence-electron chi connectivity index (χ0n) is 81.2. The maximum Gasteiger partial charge on any atom is 0.303 e. The summed E-state index contributed by atoms with van der Waals surface area (Å²) in [6.07, 6.45) is 13.4. The van der Waals surface area contributed by atoms with E-state index in [1.807, 2.05) is 13.8 Å². The molecule has 0 bridgehead atoms. The van der Waals surface area contributed by atoms with Crippen LogP contribution in [0.1, 0.15) is 320 Å². The molecule has 0 fully saturated rings. The number of Topliss-reactive ketones (excluding diaryl/α,β-unsaturated/α-hetero) is 7. The molecule has 0 unspecified atom stereocenters. The average Bonchev–Trinajstić information content (AvgIpc) is 0.846. The van der Waals surface area contributed by atoms with E-state index in [4.69, 9.17) is 34.4 Å². The Hall–Kier alpha value is -9.52. The molecule has 36 heteroatoms. The van der Waals surface area contributed by atoms with Gasteiger partial charge < -0.3 is 97.2 Å². The molecule has 24 N–H and O–H groups in total. The van der Waals surface area contributed by atoms with Crippen LogP contribution in [0.15, 0.2) is 29.3 Å². The quantitative estimate of drug-likeness (QED) is 0.0192. The second-order valence-corrected chi connectivity index (χ2v) is 36.6. The van der Waals surface area contributed by atoms with E-state index in [9.17, 15) is 107 Å². The van der Waals surface area contributed by atoms with Crippen molar-refractivity contribution in [2.45, 2.75) is 376 Å². The molecule has 36 nitrogen and oxygen atoms in total. The van der Waals surface area contributed by atoms with Crippen molar-refractivity contribution in [3.8, 4) is 5.75 Å². The highest BCUT2D eigenvalue weighted by Crippen LogP contribution is 2.27. The van der Waals surface area contributed by atoms with Gasteiger partial charge >= 0.3 is 5.97 Å². The minimum Gasteiger partial charge on any atom is -0.508 e. The van der Waals surface area contributed by atoms with Crippen LogP contribution in [-0.4, -0.2) is 212 Å². The van der Waals surface area contributed by atoms with Crippen LogP contribution >= 0.6 is 0 Å². The number of guanidine groups is 1. The number of carbonyl (C=O) groups is 17. The van der Waals surface area contributed by atoms with Crippen LogP contribution in [0, 0.1) is 59.2 Å². The molecule has 0 aliphatic rings. The molecule has 752 valence electrons. The number of phenolic OH excluding ortho intramolecular Hbond substituents is 1. The Labute approximate surface area is 782 Å². The second-order valence-electron chi connectivity index (χ2n) is 36.6. The SMILES string of the molecule is CC(C)C[C@H](CC(=O)[C@@H](NC(=O)[C@H](C)CC(=O)[C@H](CCCCN)NC(=O)[C@@H](CC(=O)[C@H](C)NC(=O)[C@H](CCCCN)CC(=O)[C@H](CCCN=C(N)N)NC(=O)[C@@H](C)Cc1ccc(O)cc1)C(C)C)[C@@H](C)O)C(N)=O.CCCCCCCCCCCCCCCC(=O)N[C@@H](CO)C(=O)C[C@@H](CCC(=O)O)C(=O)N[C@H](C(=O)C[C@H](C(=O)N[C@@H](CCC(N)=O)C(=O)CC)[C@@H](C)CC)[C@@H](C)O. The first-order chi connectivity index (χ1) is 62.2. The number of carboxylic acids is 1. The topological polar surface area (TPSA) is 644 Å². The van der Waals surface area contributed by atoms with Crippen molar-refractivity contribution >= 4 is 106 Å². The first-order valence-electron chi connectivity index (χ1n) is 48.0. The third-order valence-electron chi connectivity index (χ3n) is 24.0. The Morgan fingerprint density at radius 2 is 0.856 bits per heavy atom. The van der Waals surface area contributed by atoms with Gasteiger partial charge in [-0.05, 0) is 146 Å². The maximum atomic E-state index is 14.0. The molecule has 0 saturated heterocycles. The lowest BCUT2D eigenvalue weighted by Crippen LogP contribution is -2.52. The van der Waals surface area contributed by atoms with Crippen LogP contribution < -0.4 is 71.6 Å². The minimum atomic E-state index is -1.54. The number of ketones is 7. The summed E-state index contributed by atoms with van der Waals surface area (Å²) >= 11 is 0. The minimum absolute atomic E-state index is 0.0159. The zero-order chi connectivity index (χ0) is 100. The van der Waals surface area contributed by atoms with Gasteiger partial charge in [0.15, 0.2) is 46.4 Å². The molecular formula is C96H166N14O22. The van der Waals surface area contributed by atoms with Gasteiger partial charge in [-0.25, -0.2) is 0 Å². The molecule has 9 amide bonds. The fourth-order valence-corrected chi connectivity index (χ4v) is 15.4. The fourth-order valence-electron chi connectivity index (χ4n) is 15.4. The summed E-state index contributed by atoms with van der Waals surface area (Å²) in [6.45, 7) is 22.0. The van der Waals surface area contributed by atoms with Gasteiger partial charge in [-0.15, -0.1) is 0 Å². The number of phenols is 1. The van der Waals surface area contributed by atoms with Crippen molar-refractivity contribution in [1.29, 1.82) is 0 Å². The largest absolute Gasteiger partial charge is 0.508 e. The van der Waals surface area contributed by atoms with Crippen LogP contribution in [-0.2, 0) is 87.9 Å². The van der Waals surface area contributed by atoms with Crippen molar-refractivity contribution in [3.05, 3.63) is 29.8 Å². The summed E-state index contributed by atoms with van der Waals surface area (Å²) in [4.78, 5) is 228. The number of aliphatic carboxylic acids is 1. The van der Waals surface area contributed by atoms with Gasteiger partial charge in [0.05, 0.1) is 43.0 Å². The highest BCUT2D eigenvalue weighted by Gasteiger charge is 2.40.